The Labute approximate surface area is 334 Å². The van der Waals surface area contributed by atoms with Crippen molar-refractivity contribution < 1.29 is 74.5 Å². The average Bonchev–Trinajstić information content (AvgIpc) is 3.13. The van der Waals surface area contributed by atoms with Crippen molar-refractivity contribution in [3.05, 3.63) is 11.6 Å². The average molecular weight is 811 g/mol. The first kappa shape index (κ1) is 43.3. The van der Waals surface area contributed by atoms with Gasteiger partial charge in [0.1, 0.15) is 42.7 Å². The van der Waals surface area contributed by atoms with E-state index in [0.29, 0.717) is 32.1 Å². The van der Waals surface area contributed by atoms with E-state index in [1.165, 1.54) is 5.57 Å². The number of aliphatic hydroxyl groups is 8. The predicted molar refractivity (Wildman–Crippen MR) is 199 cm³/mol. The van der Waals surface area contributed by atoms with Crippen molar-refractivity contribution in [2.75, 3.05) is 6.61 Å². The molecular formula is C42H66O15. The number of aliphatic carboxylic acids is 1. The SMILES string of the molecule is CC1(C)CC[C@]2(C(=O)OC3OC(CO)C(O)C(O)C3O)CC[C@]3(C)C(=CCC4[C@@]5(C)C[C@@H](O)[C@H](OC6OC(C(=O)O)C(O)C(O)C6O)C(C)(C)C5CC[C@]43C)[C@@H]2C1. The van der Waals surface area contributed by atoms with Crippen molar-refractivity contribution in [2.45, 2.75) is 180 Å². The molecule has 7 aliphatic rings. The third kappa shape index (κ3) is 6.39. The Bertz CT molecular complexity index is 1600. The molecule has 0 bridgehead atoms. The molecule has 0 aromatic carbocycles. The molecule has 7 rings (SSSR count). The predicted octanol–water partition coefficient (Wildman–Crippen LogP) is 1.38. The Hall–Kier alpha value is -1.76. The first-order valence-corrected chi connectivity index (χ1v) is 20.9. The summed E-state index contributed by atoms with van der Waals surface area (Å²) in [5.74, 6) is -2.03. The number of hydrogen-bond donors (Lipinski definition) is 9. The Morgan fingerprint density at radius 2 is 1.39 bits per heavy atom. The number of ether oxygens (including phenoxy) is 4. The Morgan fingerprint density at radius 1 is 0.754 bits per heavy atom. The molecule has 0 radical (unpaired) electrons. The van der Waals surface area contributed by atoms with Crippen LogP contribution in [0.1, 0.15) is 106 Å². The number of carboxylic acid groups (broad SMARTS) is 1. The Morgan fingerprint density at radius 3 is 2.04 bits per heavy atom. The number of aliphatic hydroxyl groups excluding tert-OH is 8. The zero-order chi connectivity index (χ0) is 42.0. The van der Waals surface area contributed by atoms with E-state index in [1.54, 1.807) is 0 Å². The van der Waals surface area contributed by atoms with Gasteiger partial charge in [-0.05, 0) is 103 Å². The van der Waals surface area contributed by atoms with Crippen LogP contribution in [0, 0.1) is 50.2 Å². The van der Waals surface area contributed by atoms with Gasteiger partial charge in [-0.15, -0.1) is 0 Å². The van der Waals surface area contributed by atoms with Crippen molar-refractivity contribution in [1.29, 1.82) is 0 Å². The van der Waals surface area contributed by atoms with E-state index in [1.807, 2.05) is 13.8 Å². The molecule has 2 heterocycles. The van der Waals surface area contributed by atoms with Gasteiger partial charge in [0, 0.05) is 0 Å². The largest absolute Gasteiger partial charge is 0.479 e. The number of allylic oxidation sites excluding steroid dienone is 2. The molecule has 57 heavy (non-hydrogen) atoms. The van der Waals surface area contributed by atoms with Gasteiger partial charge in [0.15, 0.2) is 12.4 Å². The van der Waals surface area contributed by atoms with E-state index < -0.39 is 103 Å². The maximum absolute atomic E-state index is 14.6. The van der Waals surface area contributed by atoms with Gasteiger partial charge in [0.2, 0.25) is 6.29 Å². The molecule has 5 aliphatic carbocycles. The number of carbonyl (C=O) groups excluding carboxylic acids is 1. The minimum Gasteiger partial charge on any atom is -0.479 e. The van der Waals surface area contributed by atoms with E-state index in [0.717, 1.165) is 25.7 Å². The van der Waals surface area contributed by atoms with Gasteiger partial charge in [-0.3, -0.25) is 4.79 Å². The number of hydrogen-bond acceptors (Lipinski definition) is 14. The van der Waals surface area contributed by atoms with Crippen molar-refractivity contribution >= 4 is 11.9 Å². The normalized spacial score (nSPS) is 52.9. The van der Waals surface area contributed by atoms with Gasteiger partial charge in [-0.1, -0.05) is 60.1 Å². The van der Waals surface area contributed by atoms with Gasteiger partial charge in [0.05, 0.1) is 24.2 Å². The number of carbonyl (C=O) groups is 2. The highest BCUT2D eigenvalue weighted by Gasteiger charge is 2.71. The highest BCUT2D eigenvalue weighted by molar-refractivity contribution is 5.79. The highest BCUT2D eigenvalue weighted by atomic mass is 16.7. The number of fused-ring (bicyclic) bond motifs is 7. The molecule has 0 amide bonds. The van der Waals surface area contributed by atoms with Crippen LogP contribution in [-0.2, 0) is 28.5 Å². The van der Waals surface area contributed by atoms with Crippen molar-refractivity contribution in [2.24, 2.45) is 50.2 Å². The summed E-state index contributed by atoms with van der Waals surface area (Å²) in [7, 11) is 0. The van der Waals surface area contributed by atoms with E-state index in [2.05, 4.69) is 40.7 Å². The van der Waals surface area contributed by atoms with Gasteiger partial charge in [-0.25, -0.2) is 4.79 Å². The molecule has 6 fully saturated rings. The van der Waals surface area contributed by atoms with E-state index in [4.69, 9.17) is 18.9 Å². The Balaban J connectivity index is 1.17. The van der Waals surface area contributed by atoms with Crippen LogP contribution in [0.15, 0.2) is 11.6 Å². The van der Waals surface area contributed by atoms with Crippen molar-refractivity contribution in [3.8, 4) is 0 Å². The second-order valence-electron chi connectivity index (χ2n) is 20.9. The molecule has 2 aliphatic heterocycles. The van der Waals surface area contributed by atoms with E-state index >= 15 is 0 Å². The molecule has 4 saturated carbocycles. The zero-order valence-electron chi connectivity index (χ0n) is 34.3. The van der Waals surface area contributed by atoms with Gasteiger partial charge < -0.3 is 64.9 Å². The van der Waals surface area contributed by atoms with Crippen LogP contribution in [-0.4, -0.2) is 138 Å². The second-order valence-corrected chi connectivity index (χ2v) is 20.9. The van der Waals surface area contributed by atoms with Crippen LogP contribution in [0.25, 0.3) is 0 Å². The second kappa shape index (κ2) is 14.4. The lowest BCUT2D eigenvalue weighted by atomic mass is 9.33. The minimum absolute atomic E-state index is 0.0337. The first-order chi connectivity index (χ1) is 26.4. The van der Waals surface area contributed by atoms with Gasteiger partial charge >= 0.3 is 11.9 Å². The number of esters is 1. The molecular weight excluding hydrogens is 744 g/mol. The lowest BCUT2D eigenvalue weighted by molar-refractivity contribution is -0.336. The minimum atomic E-state index is -1.86. The van der Waals surface area contributed by atoms with Crippen LogP contribution in [0.2, 0.25) is 0 Å². The molecule has 0 spiro atoms. The van der Waals surface area contributed by atoms with Crippen molar-refractivity contribution in [1.82, 2.24) is 0 Å². The summed E-state index contributed by atoms with van der Waals surface area (Å²) >= 11 is 0. The smallest absolute Gasteiger partial charge is 0.335 e. The zero-order valence-corrected chi connectivity index (χ0v) is 34.3. The Kier molecular flexibility index (Phi) is 11.0. The monoisotopic (exact) mass is 810 g/mol. The lowest BCUT2D eigenvalue weighted by Crippen LogP contribution is -2.68. The molecule has 2 saturated heterocycles. The quantitative estimate of drug-likeness (QED) is 0.104. The molecule has 324 valence electrons. The molecule has 12 unspecified atom stereocenters. The summed E-state index contributed by atoms with van der Waals surface area (Å²) < 4.78 is 23.3. The fraction of sp³-hybridized carbons (Fsp3) is 0.905. The first-order valence-electron chi connectivity index (χ1n) is 20.9. The summed E-state index contributed by atoms with van der Waals surface area (Å²) in [5, 5.41) is 94.4. The molecule has 15 nitrogen and oxygen atoms in total. The van der Waals surface area contributed by atoms with Crippen molar-refractivity contribution in [3.63, 3.8) is 0 Å². The summed E-state index contributed by atoms with van der Waals surface area (Å²) in [6.45, 7) is 14.8. The molecule has 0 aromatic rings. The fourth-order valence-electron chi connectivity index (χ4n) is 13.7. The topological polar surface area (TPSA) is 253 Å². The maximum atomic E-state index is 14.6. The van der Waals surface area contributed by atoms with Gasteiger partial charge in [-0.2, -0.15) is 0 Å². The summed E-state index contributed by atoms with van der Waals surface area (Å²) in [6, 6.07) is 0. The molecule has 19 atom stereocenters. The lowest BCUT2D eigenvalue weighted by Gasteiger charge is -2.71. The third-order valence-electron chi connectivity index (χ3n) is 17.1. The van der Waals surface area contributed by atoms with Gasteiger partial charge in [0.25, 0.3) is 0 Å². The summed E-state index contributed by atoms with van der Waals surface area (Å²) in [4.78, 5) is 26.4. The number of carboxylic acids is 1. The van der Waals surface area contributed by atoms with E-state index in [9.17, 15) is 55.5 Å². The van der Waals surface area contributed by atoms with Crippen LogP contribution >= 0.6 is 0 Å². The molecule has 0 aromatic heterocycles. The fourth-order valence-corrected chi connectivity index (χ4v) is 13.7. The maximum Gasteiger partial charge on any atom is 0.335 e. The van der Waals surface area contributed by atoms with Crippen LogP contribution < -0.4 is 0 Å². The summed E-state index contributed by atoms with van der Waals surface area (Å²) in [6.07, 6.45) is -10.0. The van der Waals surface area contributed by atoms with Crippen LogP contribution in [0.4, 0.5) is 0 Å². The molecule has 9 N–H and O–H groups in total. The highest BCUT2D eigenvalue weighted by Crippen LogP contribution is 2.76. The summed E-state index contributed by atoms with van der Waals surface area (Å²) in [5.41, 5.74) is -1.37. The van der Waals surface area contributed by atoms with Crippen LogP contribution in [0.3, 0.4) is 0 Å². The van der Waals surface area contributed by atoms with E-state index in [-0.39, 0.29) is 39.4 Å². The van der Waals surface area contributed by atoms with Crippen LogP contribution in [0.5, 0.6) is 0 Å². The number of rotatable bonds is 6. The standard InChI is InChI=1S/C42H66O15/c1-37(2)12-14-42(36(53)57-34-29(49)26(46)25(45)22(18-43)54-34)15-13-40(6)19(20(42)16-37)8-9-24-39(5)17-21(44)32(38(3,4)23(39)10-11-41(24,40)7)56-35-30(50)27(47)28(48)31(55-35)33(51)52/h8,20-32,34-35,43-50H,9-18H2,1-7H3,(H,51,52)/t20-,21+,22?,23?,24?,25?,26?,27?,28?,29?,30?,31?,32-,34?,35?,39-,40+,41+,42-/m0/s1. The third-order valence-corrected chi connectivity index (χ3v) is 17.1. The molecule has 15 heteroatoms.